The summed E-state index contributed by atoms with van der Waals surface area (Å²) in [5, 5.41) is 2.81. The molecule has 0 fully saturated rings. The van der Waals surface area contributed by atoms with Crippen molar-refractivity contribution in [2.75, 3.05) is 19.0 Å². The first kappa shape index (κ1) is 17.8. The first-order valence-electron chi connectivity index (χ1n) is 7.89. The van der Waals surface area contributed by atoms with E-state index in [-0.39, 0.29) is 18.6 Å². The van der Waals surface area contributed by atoms with Crippen LogP contribution in [0.2, 0.25) is 0 Å². The molecular weight excluding hydrogens is 304 g/mol. The lowest BCUT2D eigenvalue weighted by Gasteiger charge is -2.13. The Morgan fingerprint density at radius 1 is 1.21 bits per heavy atom. The number of ether oxygens (including phenoxy) is 2. The Kier molecular flexibility index (Phi) is 6.21. The van der Waals surface area contributed by atoms with Crippen molar-refractivity contribution in [2.45, 2.75) is 26.3 Å². The molecule has 0 aromatic heterocycles. The molecule has 128 valence electrons. The van der Waals surface area contributed by atoms with Gasteiger partial charge in [-0.15, -0.1) is 0 Å². The highest BCUT2D eigenvalue weighted by Gasteiger charge is 2.10. The summed E-state index contributed by atoms with van der Waals surface area (Å²) in [7, 11) is 1.57. The summed E-state index contributed by atoms with van der Waals surface area (Å²) >= 11 is 0. The van der Waals surface area contributed by atoms with E-state index < -0.39 is 0 Å². The van der Waals surface area contributed by atoms with Crippen LogP contribution in [0.3, 0.4) is 0 Å². The van der Waals surface area contributed by atoms with Crippen molar-refractivity contribution < 1.29 is 14.3 Å². The molecule has 0 radical (unpaired) electrons. The van der Waals surface area contributed by atoms with Crippen LogP contribution in [0.15, 0.2) is 42.5 Å². The molecule has 1 amide bonds. The maximum atomic E-state index is 12.0. The van der Waals surface area contributed by atoms with E-state index in [2.05, 4.69) is 5.32 Å². The van der Waals surface area contributed by atoms with Crippen LogP contribution >= 0.6 is 0 Å². The van der Waals surface area contributed by atoms with Crippen molar-refractivity contribution in [2.24, 2.45) is 5.73 Å². The average molecular weight is 328 g/mol. The average Bonchev–Trinajstić information content (AvgIpc) is 2.53. The van der Waals surface area contributed by atoms with Crippen LogP contribution in [0.25, 0.3) is 0 Å². The van der Waals surface area contributed by atoms with Crippen LogP contribution in [0, 0.1) is 6.92 Å². The number of nitrogens with two attached hydrogens (primary N) is 1. The lowest BCUT2D eigenvalue weighted by molar-refractivity contribution is -0.118. The van der Waals surface area contributed by atoms with Gasteiger partial charge in [0.15, 0.2) is 18.1 Å². The third kappa shape index (κ3) is 5.28. The summed E-state index contributed by atoms with van der Waals surface area (Å²) in [4.78, 5) is 12.0. The number of carbonyl (C=O) groups is 1. The van der Waals surface area contributed by atoms with Crippen molar-refractivity contribution in [3.05, 3.63) is 53.6 Å². The first-order chi connectivity index (χ1) is 11.5. The second-order valence-corrected chi connectivity index (χ2v) is 5.87. The van der Waals surface area contributed by atoms with Crippen LogP contribution in [0.1, 0.15) is 18.1 Å². The van der Waals surface area contributed by atoms with Gasteiger partial charge in [0, 0.05) is 11.7 Å². The Labute approximate surface area is 142 Å². The molecular formula is C19H24N2O3. The van der Waals surface area contributed by atoms with Gasteiger partial charge in [0.25, 0.3) is 5.91 Å². The highest BCUT2D eigenvalue weighted by Crippen LogP contribution is 2.28. The Balaban J connectivity index is 1.96. The number of anilines is 1. The van der Waals surface area contributed by atoms with Gasteiger partial charge in [-0.2, -0.15) is 0 Å². The molecule has 0 bridgehead atoms. The number of nitrogens with one attached hydrogen (secondary N) is 1. The lowest BCUT2D eigenvalue weighted by Crippen LogP contribution is -2.20. The van der Waals surface area contributed by atoms with Crippen molar-refractivity contribution in [3.8, 4) is 11.5 Å². The molecule has 0 aliphatic carbocycles. The van der Waals surface area contributed by atoms with Crippen molar-refractivity contribution in [1.82, 2.24) is 0 Å². The fraction of sp³-hybridized carbons (Fsp3) is 0.316. The molecule has 2 aromatic carbocycles. The number of rotatable bonds is 7. The molecule has 3 N–H and O–H groups in total. The number of carbonyl (C=O) groups excluding carboxylic acids is 1. The van der Waals surface area contributed by atoms with Crippen LogP contribution in [0.5, 0.6) is 11.5 Å². The van der Waals surface area contributed by atoms with Gasteiger partial charge in [-0.1, -0.05) is 18.2 Å². The lowest BCUT2D eigenvalue weighted by atomic mass is 10.1. The van der Waals surface area contributed by atoms with Crippen LogP contribution in [-0.4, -0.2) is 25.7 Å². The van der Waals surface area contributed by atoms with E-state index in [1.54, 1.807) is 13.2 Å². The summed E-state index contributed by atoms with van der Waals surface area (Å²) in [6, 6.07) is 13.3. The standard InChI is InChI=1S/C19H24N2O3/c1-13-5-4-6-16(9-13)21-19(22)12-24-17-8-7-15(10-14(2)20)11-18(17)23-3/h4-9,11,14H,10,12,20H2,1-3H3,(H,21,22). The summed E-state index contributed by atoms with van der Waals surface area (Å²) in [6.45, 7) is 3.84. The summed E-state index contributed by atoms with van der Waals surface area (Å²) < 4.78 is 10.9. The van der Waals surface area contributed by atoms with Crippen LogP contribution in [0.4, 0.5) is 5.69 Å². The molecule has 0 aliphatic heterocycles. The largest absolute Gasteiger partial charge is 0.493 e. The van der Waals surface area contributed by atoms with Crippen LogP contribution in [-0.2, 0) is 11.2 Å². The zero-order chi connectivity index (χ0) is 17.5. The smallest absolute Gasteiger partial charge is 0.262 e. The number of amides is 1. The Morgan fingerprint density at radius 2 is 2.00 bits per heavy atom. The second-order valence-electron chi connectivity index (χ2n) is 5.87. The summed E-state index contributed by atoms with van der Waals surface area (Å²) in [5.74, 6) is 0.907. The van der Waals surface area contributed by atoms with Gasteiger partial charge in [0.05, 0.1) is 7.11 Å². The van der Waals surface area contributed by atoms with E-state index in [1.807, 2.05) is 50.2 Å². The molecule has 2 rings (SSSR count). The maximum absolute atomic E-state index is 12.0. The third-order valence-corrected chi connectivity index (χ3v) is 3.45. The van der Waals surface area contributed by atoms with Gasteiger partial charge in [0.2, 0.25) is 0 Å². The fourth-order valence-corrected chi connectivity index (χ4v) is 2.39. The summed E-state index contributed by atoms with van der Waals surface area (Å²) in [6.07, 6.45) is 0.754. The topological polar surface area (TPSA) is 73.6 Å². The molecule has 0 heterocycles. The minimum Gasteiger partial charge on any atom is -0.493 e. The number of methoxy groups -OCH3 is 1. The number of hydrogen-bond acceptors (Lipinski definition) is 4. The highest BCUT2D eigenvalue weighted by molar-refractivity contribution is 5.91. The zero-order valence-corrected chi connectivity index (χ0v) is 14.3. The SMILES string of the molecule is COc1cc(CC(C)N)ccc1OCC(=O)Nc1cccc(C)c1. The van der Waals surface area contributed by atoms with Gasteiger partial charge < -0.3 is 20.5 Å². The summed E-state index contributed by atoms with van der Waals surface area (Å²) in [5.41, 5.74) is 8.72. The molecule has 1 unspecified atom stereocenters. The number of hydrogen-bond donors (Lipinski definition) is 2. The molecule has 0 spiro atoms. The van der Waals surface area contributed by atoms with Crippen LogP contribution < -0.4 is 20.5 Å². The van der Waals surface area contributed by atoms with E-state index in [0.29, 0.717) is 11.5 Å². The van der Waals surface area contributed by atoms with Crippen molar-refractivity contribution in [3.63, 3.8) is 0 Å². The fourth-order valence-electron chi connectivity index (χ4n) is 2.39. The monoisotopic (exact) mass is 328 g/mol. The number of aryl methyl sites for hydroxylation is 1. The molecule has 24 heavy (non-hydrogen) atoms. The molecule has 0 saturated heterocycles. The highest BCUT2D eigenvalue weighted by atomic mass is 16.5. The molecule has 0 aliphatic rings. The molecule has 5 heteroatoms. The van der Waals surface area contributed by atoms with Gasteiger partial charge in [0.1, 0.15) is 0 Å². The van der Waals surface area contributed by atoms with Gasteiger partial charge in [-0.3, -0.25) is 4.79 Å². The van der Waals surface area contributed by atoms with E-state index in [4.69, 9.17) is 15.2 Å². The Hall–Kier alpha value is -2.53. The molecule has 0 saturated carbocycles. The predicted molar refractivity (Wildman–Crippen MR) is 95.7 cm³/mol. The second kappa shape index (κ2) is 8.36. The minimum atomic E-state index is -0.220. The Bertz CT molecular complexity index is 699. The molecule has 1 atom stereocenters. The first-order valence-corrected chi connectivity index (χ1v) is 7.89. The quantitative estimate of drug-likeness (QED) is 0.819. The normalized spacial score (nSPS) is 11.7. The van der Waals surface area contributed by atoms with E-state index in [0.717, 1.165) is 23.2 Å². The predicted octanol–water partition coefficient (Wildman–Crippen LogP) is 2.91. The van der Waals surface area contributed by atoms with Crippen molar-refractivity contribution in [1.29, 1.82) is 0 Å². The number of benzene rings is 2. The minimum absolute atomic E-state index is 0.0709. The van der Waals surface area contributed by atoms with Gasteiger partial charge in [-0.05, 0) is 55.7 Å². The van der Waals surface area contributed by atoms with E-state index in [1.165, 1.54) is 0 Å². The Morgan fingerprint density at radius 3 is 2.67 bits per heavy atom. The van der Waals surface area contributed by atoms with E-state index in [9.17, 15) is 4.79 Å². The third-order valence-electron chi connectivity index (χ3n) is 3.45. The molecule has 5 nitrogen and oxygen atoms in total. The van der Waals surface area contributed by atoms with Crippen molar-refractivity contribution >= 4 is 11.6 Å². The zero-order valence-electron chi connectivity index (χ0n) is 14.3. The van der Waals surface area contributed by atoms with Gasteiger partial charge >= 0.3 is 0 Å². The molecule has 2 aromatic rings. The van der Waals surface area contributed by atoms with Gasteiger partial charge in [-0.25, -0.2) is 0 Å². The van der Waals surface area contributed by atoms with E-state index >= 15 is 0 Å². The maximum Gasteiger partial charge on any atom is 0.262 e.